The molecule has 1 N–H and O–H groups in total. The highest BCUT2D eigenvalue weighted by Gasteiger charge is 2.16. The second-order valence-electron chi connectivity index (χ2n) is 4.01. The van der Waals surface area contributed by atoms with E-state index >= 15 is 0 Å². The van der Waals surface area contributed by atoms with E-state index in [1.807, 2.05) is 0 Å². The van der Waals surface area contributed by atoms with Gasteiger partial charge < -0.3 is 5.32 Å². The van der Waals surface area contributed by atoms with Crippen molar-refractivity contribution in [3.8, 4) is 0 Å². The minimum atomic E-state index is 0.263. The summed E-state index contributed by atoms with van der Waals surface area (Å²) in [5, 5.41) is 3.53. The first-order valence-corrected chi connectivity index (χ1v) is 4.02. The highest BCUT2D eigenvalue weighted by atomic mass is 15.0. The molecule has 1 nitrogen and oxygen atoms in total. The van der Waals surface area contributed by atoms with E-state index in [4.69, 9.17) is 0 Å². The third-order valence-electron chi connectivity index (χ3n) is 1.63. The lowest BCUT2D eigenvalue weighted by Crippen LogP contribution is -2.41. The molecule has 0 aromatic carbocycles. The van der Waals surface area contributed by atoms with Gasteiger partial charge in [0.2, 0.25) is 0 Å². The lowest BCUT2D eigenvalue weighted by Gasteiger charge is -2.24. The maximum Gasteiger partial charge on any atom is 0.0257 e. The molecule has 58 valence electrons. The third kappa shape index (κ3) is 2.53. The fourth-order valence-corrected chi connectivity index (χ4v) is 1.31. The Morgan fingerprint density at radius 3 is 2.50 bits per heavy atom. The summed E-state index contributed by atoms with van der Waals surface area (Å²) in [5.41, 5.74) is 0.263. The standard InChI is InChI=1S/C9H17N/c1-9(2,3)10-8-6-4-5-7-8/h4,6,8,10H,5,7H2,1-3H3. The van der Waals surface area contributed by atoms with Crippen LogP contribution in [-0.2, 0) is 0 Å². The normalized spacial score (nSPS) is 25.7. The van der Waals surface area contributed by atoms with Crippen molar-refractivity contribution in [2.45, 2.75) is 45.2 Å². The first-order chi connectivity index (χ1) is 4.58. The Kier molecular flexibility index (Phi) is 2.14. The molecule has 0 radical (unpaired) electrons. The van der Waals surface area contributed by atoms with Gasteiger partial charge in [-0.25, -0.2) is 0 Å². The zero-order chi connectivity index (χ0) is 7.61. The molecular formula is C9H17N. The first-order valence-electron chi connectivity index (χ1n) is 4.02. The largest absolute Gasteiger partial charge is 0.306 e. The van der Waals surface area contributed by atoms with Crippen LogP contribution >= 0.6 is 0 Å². The van der Waals surface area contributed by atoms with Crippen LogP contribution < -0.4 is 5.32 Å². The highest BCUT2D eigenvalue weighted by molar-refractivity contribution is 5.02. The van der Waals surface area contributed by atoms with Gasteiger partial charge in [0.05, 0.1) is 0 Å². The maximum atomic E-state index is 3.53. The van der Waals surface area contributed by atoms with Gasteiger partial charge in [-0.05, 0) is 33.6 Å². The van der Waals surface area contributed by atoms with E-state index < -0.39 is 0 Å². The van der Waals surface area contributed by atoms with Crippen molar-refractivity contribution in [2.24, 2.45) is 0 Å². The summed E-state index contributed by atoms with van der Waals surface area (Å²) in [5.74, 6) is 0. The van der Waals surface area contributed by atoms with Crippen LogP contribution in [0.1, 0.15) is 33.6 Å². The molecule has 1 heteroatoms. The van der Waals surface area contributed by atoms with Gasteiger partial charge in [-0.1, -0.05) is 12.2 Å². The molecule has 1 rings (SSSR count). The Morgan fingerprint density at radius 2 is 2.10 bits per heavy atom. The van der Waals surface area contributed by atoms with Crippen molar-refractivity contribution in [1.82, 2.24) is 5.32 Å². The topological polar surface area (TPSA) is 12.0 Å². The second-order valence-corrected chi connectivity index (χ2v) is 4.01. The number of hydrogen-bond donors (Lipinski definition) is 1. The van der Waals surface area contributed by atoms with Crippen LogP contribution in [0.5, 0.6) is 0 Å². The lowest BCUT2D eigenvalue weighted by molar-refractivity contribution is 0.388. The predicted molar refractivity (Wildman–Crippen MR) is 45.1 cm³/mol. The van der Waals surface area contributed by atoms with Crippen LogP contribution in [0.15, 0.2) is 12.2 Å². The van der Waals surface area contributed by atoms with Crippen molar-refractivity contribution in [3.63, 3.8) is 0 Å². The van der Waals surface area contributed by atoms with Gasteiger partial charge in [-0.2, -0.15) is 0 Å². The van der Waals surface area contributed by atoms with E-state index in [0.29, 0.717) is 6.04 Å². The summed E-state index contributed by atoms with van der Waals surface area (Å²) in [4.78, 5) is 0. The minimum absolute atomic E-state index is 0.263. The molecule has 0 bridgehead atoms. The molecule has 10 heavy (non-hydrogen) atoms. The number of nitrogens with one attached hydrogen (secondary N) is 1. The van der Waals surface area contributed by atoms with Crippen LogP contribution in [0.25, 0.3) is 0 Å². The summed E-state index contributed by atoms with van der Waals surface area (Å²) in [6.07, 6.45) is 7.04. The van der Waals surface area contributed by atoms with Crippen LogP contribution in [-0.4, -0.2) is 11.6 Å². The highest BCUT2D eigenvalue weighted by Crippen LogP contribution is 2.12. The molecule has 0 heterocycles. The number of hydrogen-bond acceptors (Lipinski definition) is 1. The number of allylic oxidation sites excluding steroid dienone is 1. The Labute approximate surface area is 63.5 Å². The quantitative estimate of drug-likeness (QED) is 0.548. The first kappa shape index (κ1) is 7.80. The fourth-order valence-electron chi connectivity index (χ4n) is 1.31. The van der Waals surface area contributed by atoms with Crippen LogP contribution in [0, 0.1) is 0 Å². The van der Waals surface area contributed by atoms with Gasteiger partial charge in [0, 0.05) is 11.6 Å². The van der Waals surface area contributed by atoms with Gasteiger partial charge in [-0.3, -0.25) is 0 Å². The average molecular weight is 139 g/mol. The average Bonchev–Trinajstić information content (AvgIpc) is 2.12. The Hall–Kier alpha value is -0.300. The van der Waals surface area contributed by atoms with Crippen molar-refractivity contribution >= 4 is 0 Å². The molecule has 1 aliphatic rings. The van der Waals surface area contributed by atoms with Crippen LogP contribution in [0.2, 0.25) is 0 Å². The Morgan fingerprint density at radius 1 is 1.40 bits per heavy atom. The van der Waals surface area contributed by atoms with Crippen molar-refractivity contribution in [3.05, 3.63) is 12.2 Å². The zero-order valence-electron chi connectivity index (χ0n) is 7.15. The van der Waals surface area contributed by atoms with Crippen molar-refractivity contribution < 1.29 is 0 Å². The van der Waals surface area contributed by atoms with E-state index in [1.54, 1.807) is 0 Å². The smallest absolute Gasteiger partial charge is 0.0257 e. The van der Waals surface area contributed by atoms with Gasteiger partial charge in [-0.15, -0.1) is 0 Å². The summed E-state index contributed by atoms with van der Waals surface area (Å²) in [6, 6.07) is 0.625. The molecule has 0 aliphatic heterocycles. The molecule has 0 fully saturated rings. The van der Waals surface area contributed by atoms with Crippen molar-refractivity contribution in [2.75, 3.05) is 0 Å². The predicted octanol–water partition coefficient (Wildman–Crippen LogP) is 2.09. The molecule has 0 amide bonds. The summed E-state index contributed by atoms with van der Waals surface area (Å²) in [7, 11) is 0. The fraction of sp³-hybridized carbons (Fsp3) is 0.778. The monoisotopic (exact) mass is 139 g/mol. The molecule has 0 aromatic heterocycles. The van der Waals surface area contributed by atoms with E-state index in [0.717, 1.165) is 0 Å². The molecule has 1 unspecified atom stereocenters. The minimum Gasteiger partial charge on any atom is -0.306 e. The van der Waals surface area contributed by atoms with Gasteiger partial charge >= 0.3 is 0 Å². The molecule has 0 spiro atoms. The number of rotatable bonds is 1. The summed E-state index contributed by atoms with van der Waals surface area (Å²) in [6.45, 7) is 6.62. The van der Waals surface area contributed by atoms with Gasteiger partial charge in [0.15, 0.2) is 0 Å². The van der Waals surface area contributed by atoms with E-state index in [1.165, 1.54) is 12.8 Å². The Bertz CT molecular complexity index is 130. The molecule has 1 aliphatic carbocycles. The molecule has 1 atom stereocenters. The van der Waals surface area contributed by atoms with Gasteiger partial charge in [0.1, 0.15) is 0 Å². The maximum absolute atomic E-state index is 3.53. The Balaban J connectivity index is 2.31. The molecule has 0 saturated carbocycles. The molecular weight excluding hydrogens is 122 g/mol. The van der Waals surface area contributed by atoms with E-state index in [9.17, 15) is 0 Å². The van der Waals surface area contributed by atoms with E-state index in [-0.39, 0.29) is 5.54 Å². The van der Waals surface area contributed by atoms with Crippen LogP contribution in [0.4, 0.5) is 0 Å². The SMILES string of the molecule is CC(C)(C)NC1C=CCC1. The van der Waals surface area contributed by atoms with Crippen LogP contribution in [0.3, 0.4) is 0 Å². The third-order valence-corrected chi connectivity index (χ3v) is 1.63. The summed E-state index contributed by atoms with van der Waals surface area (Å²) >= 11 is 0. The lowest BCUT2D eigenvalue weighted by atomic mass is 10.1. The summed E-state index contributed by atoms with van der Waals surface area (Å²) < 4.78 is 0. The zero-order valence-corrected chi connectivity index (χ0v) is 7.15. The van der Waals surface area contributed by atoms with Crippen molar-refractivity contribution in [1.29, 1.82) is 0 Å². The van der Waals surface area contributed by atoms with E-state index in [2.05, 4.69) is 38.2 Å². The van der Waals surface area contributed by atoms with Gasteiger partial charge in [0.25, 0.3) is 0 Å². The molecule has 0 aromatic rings. The molecule has 0 saturated heterocycles. The second kappa shape index (κ2) is 2.75.